The van der Waals surface area contributed by atoms with Crippen LogP contribution in [0.1, 0.15) is 6.42 Å². The van der Waals surface area contributed by atoms with E-state index in [1.54, 1.807) is 0 Å². The zero-order chi connectivity index (χ0) is 6.78. The summed E-state index contributed by atoms with van der Waals surface area (Å²) >= 11 is 0. The smallest absolute Gasteiger partial charge is 0.389 e. The molecule has 1 radical (unpaired) electrons. The molecule has 4 nitrogen and oxygen atoms in total. The molecule has 0 fully saturated rings. The quantitative estimate of drug-likeness (QED) is 0.330. The van der Waals surface area contributed by atoms with E-state index in [4.69, 9.17) is 20.1 Å². The predicted molar refractivity (Wildman–Crippen MR) is 30.4 cm³/mol. The Kier molecular flexibility index (Phi) is 2.58. The van der Waals surface area contributed by atoms with Crippen molar-refractivity contribution in [2.45, 2.75) is 12.1 Å². The Morgan fingerprint density at radius 2 is 1.88 bits per heavy atom. The van der Waals surface area contributed by atoms with Crippen LogP contribution in [-0.2, 0) is 0 Å². The molecule has 0 aromatic heterocycles. The molecule has 49 valence electrons. The maximum atomic E-state index is 8.37. The molecule has 0 aliphatic heterocycles. The minimum Gasteiger partial charge on any atom is -0.389 e. The fraction of sp³-hybridized carbons (Fsp3) is 0.667. The van der Waals surface area contributed by atoms with Crippen LogP contribution in [0.4, 0.5) is 0 Å². The van der Waals surface area contributed by atoms with Gasteiger partial charge in [0, 0.05) is 0 Å². The Morgan fingerprint density at radius 1 is 1.50 bits per heavy atom. The van der Waals surface area contributed by atoms with Crippen LogP contribution in [0.3, 0.4) is 0 Å². The maximum absolute atomic E-state index is 8.37. The summed E-state index contributed by atoms with van der Waals surface area (Å²) in [6, 6.07) is 0. The van der Waals surface area contributed by atoms with Crippen LogP contribution in [0.25, 0.3) is 0 Å². The van der Waals surface area contributed by atoms with Gasteiger partial charge in [0.15, 0.2) is 0 Å². The highest BCUT2D eigenvalue weighted by Crippen LogP contribution is 1.95. The van der Waals surface area contributed by atoms with E-state index in [0.29, 0.717) is 0 Å². The van der Waals surface area contributed by atoms with E-state index in [0.717, 1.165) is 0 Å². The monoisotopic (exact) mass is 136 g/mol. The van der Waals surface area contributed by atoms with Crippen LogP contribution < -0.4 is 5.73 Å². The van der Waals surface area contributed by atoms with Crippen molar-refractivity contribution in [2.24, 2.45) is 5.73 Å². The summed E-state index contributed by atoms with van der Waals surface area (Å²) in [5, 5.41) is 0. The normalized spacial score (nSPS) is 16.1. The standard InChI is InChI=1S/C3H10NO3Si/c1-2-3(4)8(5,6)7/h3,5-7H,1-2,4H2. The highest BCUT2D eigenvalue weighted by atomic mass is 28.4. The number of nitrogens with two attached hydrogens (primary N) is 1. The molecule has 5 heteroatoms. The van der Waals surface area contributed by atoms with Gasteiger partial charge in [0.25, 0.3) is 0 Å². The van der Waals surface area contributed by atoms with Gasteiger partial charge in [-0.2, -0.15) is 0 Å². The van der Waals surface area contributed by atoms with Gasteiger partial charge < -0.3 is 20.1 Å². The molecule has 1 atom stereocenters. The molecule has 0 aromatic rings. The summed E-state index contributed by atoms with van der Waals surface area (Å²) in [6.07, 6.45) is 0.135. The molecule has 0 saturated carbocycles. The van der Waals surface area contributed by atoms with E-state index < -0.39 is 14.5 Å². The van der Waals surface area contributed by atoms with Crippen LogP contribution in [0.15, 0.2) is 0 Å². The van der Waals surface area contributed by atoms with Crippen LogP contribution in [0, 0.1) is 6.92 Å². The molecule has 0 aromatic carbocycles. The Hall–Kier alpha value is 0.0569. The van der Waals surface area contributed by atoms with Crippen molar-refractivity contribution in [2.75, 3.05) is 0 Å². The van der Waals surface area contributed by atoms with Crippen molar-refractivity contribution in [1.29, 1.82) is 0 Å². The average molecular weight is 136 g/mol. The van der Waals surface area contributed by atoms with E-state index in [-0.39, 0.29) is 6.42 Å². The summed E-state index contributed by atoms with van der Waals surface area (Å²) in [4.78, 5) is 25.1. The number of hydrogen-bond donors (Lipinski definition) is 4. The zero-order valence-electron chi connectivity index (χ0n) is 4.41. The lowest BCUT2D eigenvalue weighted by Gasteiger charge is -2.14. The van der Waals surface area contributed by atoms with Crippen LogP contribution in [-0.4, -0.2) is 28.9 Å². The van der Waals surface area contributed by atoms with Crippen molar-refractivity contribution < 1.29 is 14.4 Å². The molecule has 8 heavy (non-hydrogen) atoms. The summed E-state index contributed by atoms with van der Waals surface area (Å²) in [7, 11) is -4.05. The lowest BCUT2D eigenvalue weighted by atomic mass is 10.5. The van der Waals surface area contributed by atoms with Crippen molar-refractivity contribution in [3.63, 3.8) is 0 Å². The first kappa shape index (κ1) is 8.06. The molecular weight excluding hydrogens is 126 g/mol. The van der Waals surface area contributed by atoms with Gasteiger partial charge in [0.05, 0.1) is 5.67 Å². The topological polar surface area (TPSA) is 86.7 Å². The second kappa shape index (κ2) is 2.56. The van der Waals surface area contributed by atoms with Gasteiger partial charge in [-0.3, -0.25) is 0 Å². The van der Waals surface area contributed by atoms with Gasteiger partial charge in [-0.25, -0.2) is 0 Å². The molecule has 0 aliphatic carbocycles. The van der Waals surface area contributed by atoms with Gasteiger partial charge in [-0.05, 0) is 6.42 Å². The highest BCUT2D eigenvalue weighted by molar-refractivity contribution is 6.58. The van der Waals surface area contributed by atoms with Crippen molar-refractivity contribution >= 4 is 8.80 Å². The third-order valence-corrected chi connectivity index (χ3v) is 2.09. The molecule has 0 bridgehead atoms. The highest BCUT2D eigenvalue weighted by Gasteiger charge is 2.34. The van der Waals surface area contributed by atoms with Crippen molar-refractivity contribution in [1.82, 2.24) is 0 Å². The summed E-state index contributed by atoms with van der Waals surface area (Å²) in [5.74, 6) is 0. The average Bonchev–Trinajstić information content (AvgIpc) is 1.62. The second-order valence-electron chi connectivity index (χ2n) is 1.58. The molecule has 0 heterocycles. The summed E-state index contributed by atoms with van der Waals surface area (Å²) in [6.45, 7) is 3.28. The molecular formula is C3H10NO3Si. The Labute approximate surface area is 48.9 Å². The number of hydrogen-bond acceptors (Lipinski definition) is 4. The fourth-order valence-corrected chi connectivity index (χ4v) is 0.581. The number of rotatable bonds is 2. The van der Waals surface area contributed by atoms with Crippen LogP contribution in [0.2, 0.25) is 0 Å². The SMILES string of the molecule is [CH2]CC(N)[Si](O)(O)O. The Bertz CT molecular complexity index is 71.4. The van der Waals surface area contributed by atoms with Crippen molar-refractivity contribution in [3.05, 3.63) is 6.92 Å². The first-order valence-electron chi connectivity index (χ1n) is 2.20. The lowest BCUT2D eigenvalue weighted by molar-refractivity contribution is 0.212. The molecule has 0 spiro atoms. The molecule has 0 rings (SSSR count). The molecule has 5 N–H and O–H groups in total. The third-order valence-electron chi connectivity index (χ3n) is 0.808. The van der Waals surface area contributed by atoms with E-state index >= 15 is 0 Å². The van der Waals surface area contributed by atoms with Gasteiger partial charge >= 0.3 is 8.80 Å². The largest absolute Gasteiger partial charge is 0.510 e. The fourth-order valence-electron chi connectivity index (χ4n) is 0.194. The van der Waals surface area contributed by atoms with Gasteiger partial charge in [0.1, 0.15) is 0 Å². The second-order valence-corrected chi connectivity index (χ2v) is 3.70. The van der Waals surface area contributed by atoms with Crippen LogP contribution in [0.5, 0.6) is 0 Å². The van der Waals surface area contributed by atoms with Crippen LogP contribution >= 0.6 is 0 Å². The first-order valence-corrected chi connectivity index (χ1v) is 4.12. The van der Waals surface area contributed by atoms with Crippen molar-refractivity contribution in [3.8, 4) is 0 Å². The molecule has 1 unspecified atom stereocenters. The van der Waals surface area contributed by atoms with Gasteiger partial charge in [-0.1, -0.05) is 6.92 Å². The molecule has 0 aliphatic rings. The van der Waals surface area contributed by atoms with E-state index in [1.165, 1.54) is 0 Å². The van der Waals surface area contributed by atoms with E-state index in [9.17, 15) is 0 Å². The Morgan fingerprint density at radius 3 is 1.88 bits per heavy atom. The molecule has 0 amide bonds. The Balaban J connectivity index is 3.62. The third kappa shape index (κ3) is 2.39. The zero-order valence-corrected chi connectivity index (χ0v) is 5.41. The lowest BCUT2D eigenvalue weighted by Crippen LogP contribution is -2.53. The van der Waals surface area contributed by atoms with E-state index in [1.807, 2.05) is 0 Å². The molecule has 0 saturated heterocycles. The summed E-state index contributed by atoms with van der Waals surface area (Å²) in [5.41, 5.74) is 4.04. The summed E-state index contributed by atoms with van der Waals surface area (Å²) < 4.78 is 0. The van der Waals surface area contributed by atoms with Gasteiger partial charge in [-0.15, -0.1) is 0 Å². The minimum absolute atomic E-state index is 0.135. The predicted octanol–water partition coefficient (Wildman–Crippen LogP) is -2.01. The van der Waals surface area contributed by atoms with Gasteiger partial charge in [0.2, 0.25) is 0 Å². The van der Waals surface area contributed by atoms with E-state index in [2.05, 4.69) is 6.92 Å². The first-order chi connectivity index (χ1) is 3.48. The minimum atomic E-state index is -4.05. The maximum Gasteiger partial charge on any atom is 0.510 e.